The van der Waals surface area contributed by atoms with Gasteiger partial charge in [-0.1, -0.05) is 0 Å². The lowest BCUT2D eigenvalue weighted by Gasteiger charge is -2.33. The average molecular weight is 275 g/mol. The molecule has 19 heavy (non-hydrogen) atoms. The minimum absolute atomic E-state index is 0.260. The Kier molecular flexibility index (Phi) is 6.04. The third kappa shape index (κ3) is 6.23. The van der Waals surface area contributed by atoms with E-state index in [9.17, 15) is 9.18 Å². The topological polar surface area (TPSA) is 49.8 Å². The number of nitrogens with zero attached hydrogens (tertiary/aromatic N) is 1. The number of aliphatic hydroxyl groups excluding tert-OH is 1. The standard InChI is InChI=1S/C14H26FNO3/c1-14(2,3)19-13(18)16-8-6-11(7-9-16)4-5-12(15)10-17/h11-12,17H,4-10H2,1-3H3. The number of piperidine rings is 1. The quantitative estimate of drug-likeness (QED) is 0.858. The number of alkyl halides is 1. The third-order valence-corrected chi connectivity index (χ3v) is 3.35. The first-order valence-electron chi connectivity index (χ1n) is 7.04. The molecule has 0 aromatic rings. The van der Waals surface area contributed by atoms with Crippen LogP contribution in [-0.4, -0.2) is 47.6 Å². The van der Waals surface area contributed by atoms with Gasteiger partial charge >= 0.3 is 6.09 Å². The van der Waals surface area contributed by atoms with Crippen LogP contribution in [0.3, 0.4) is 0 Å². The fraction of sp³-hybridized carbons (Fsp3) is 0.929. The summed E-state index contributed by atoms with van der Waals surface area (Å²) in [5, 5.41) is 8.64. The maximum atomic E-state index is 12.9. The first kappa shape index (κ1) is 16.2. The van der Waals surface area contributed by atoms with Gasteiger partial charge < -0.3 is 14.7 Å². The zero-order chi connectivity index (χ0) is 14.5. The van der Waals surface area contributed by atoms with Crippen molar-refractivity contribution in [3.8, 4) is 0 Å². The Bertz CT molecular complexity index is 283. The Morgan fingerprint density at radius 2 is 2.00 bits per heavy atom. The molecule has 0 aromatic carbocycles. The fourth-order valence-corrected chi connectivity index (χ4v) is 2.24. The molecule has 0 radical (unpaired) electrons. The van der Waals surface area contributed by atoms with Crippen LogP contribution in [0, 0.1) is 5.92 Å². The maximum Gasteiger partial charge on any atom is 0.410 e. The van der Waals surface area contributed by atoms with Gasteiger partial charge in [0.2, 0.25) is 0 Å². The van der Waals surface area contributed by atoms with Crippen LogP contribution >= 0.6 is 0 Å². The van der Waals surface area contributed by atoms with E-state index in [-0.39, 0.29) is 6.09 Å². The van der Waals surface area contributed by atoms with Gasteiger partial charge in [0.1, 0.15) is 11.8 Å². The van der Waals surface area contributed by atoms with E-state index in [0.717, 1.165) is 19.3 Å². The number of carbonyl (C=O) groups excluding carboxylic acids is 1. The molecule has 0 bridgehead atoms. The average Bonchev–Trinajstić information content (AvgIpc) is 2.34. The highest BCUT2D eigenvalue weighted by Gasteiger charge is 2.26. The first-order valence-corrected chi connectivity index (χ1v) is 7.04. The van der Waals surface area contributed by atoms with E-state index >= 15 is 0 Å². The van der Waals surface area contributed by atoms with Crippen molar-refractivity contribution in [1.82, 2.24) is 4.90 Å². The van der Waals surface area contributed by atoms with Gasteiger partial charge in [-0.3, -0.25) is 0 Å². The minimum Gasteiger partial charge on any atom is -0.444 e. The smallest absolute Gasteiger partial charge is 0.410 e. The van der Waals surface area contributed by atoms with Crippen molar-refractivity contribution < 1.29 is 19.0 Å². The van der Waals surface area contributed by atoms with Crippen LogP contribution in [0.5, 0.6) is 0 Å². The fourth-order valence-electron chi connectivity index (χ4n) is 2.24. The largest absolute Gasteiger partial charge is 0.444 e. The SMILES string of the molecule is CC(C)(C)OC(=O)N1CCC(CCC(F)CO)CC1. The summed E-state index contributed by atoms with van der Waals surface area (Å²) in [4.78, 5) is 13.6. The van der Waals surface area contributed by atoms with E-state index < -0.39 is 18.4 Å². The normalized spacial score (nSPS) is 19.3. The Hall–Kier alpha value is -0.840. The minimum atomic E-state index is -1.11. The maximum absolute atomic E-state index is 12.9. The second kappa shape index (κ2) is 7.08. The molecule has 1 heterocycles. The molecule has 1 unspecified atom stereocenters. The van der Waals surface area contributed by atoms with Crippen molar-refractivity contribution in [3.63, 3.8) is 0 Å². The van der Waals surface area contributed by atoms with Crippen molar-refractivity contribution in [3.05, 3.63) is 0 Å². The summed E-state index contributed by atoms with van der Waals surface area (Å²) in [5.41, 5.74) is -0.462. The monoisotopic (exact) mass is 275 g/mol. The second-order valence-electron chi connectivity index (χ2n) is 6.27. The van der Waals surface area contributed by atoms with Crippen LogP contribution < -0.4 is 0 Å². The molecule has 1 rings (SSSR count). The van der Waals surface area contributed by atoms with Crippen LogP contribution in [0.1, 0.15) is 46.5 Å². The summed E-state index contributed by atoms with van der Waals surface area (Å²) in [6, 6.07) is 0. The highest BCUT2D eigenvalue weighted by Crippen LogP contribution is 2.24. The van der Waals surface area contributed by atoms with Crippen molar-refractivity contribution >= 4 is 6.09 Å². The number of halogens is 1. The van der Waals surface area contributed by atoms with Gasteiger partial charge in [0.25, 0.3) is 0 Å². The molecule has 1 atom stereocenters. The number of amides is 1. The third-order valence-electron chi connectivity index (χ3n) is 3.35. The summed E-state index contributed by atoms with van der Waals surface area (Å²) < 4.78 is 18.3. The predicted molar refractivity (Wildman–Crippen MR) is 71.7 cm³/mol. The van der Waals surface area contributed by atoms with E-state index in [1.807, 2.05) is 20.8 Å². The van der Waals surface area contributed by atoms with Gasteiger partial charge in [-0.15, -0.1) is 0 Å². The molecule has 0 saturated carbocycles. The van der Waals surface area contributed by atoms with E-state index in [4.69, 9.17) is 9.84 Å². The van der Waals surface area contributed by atoms with Gasteiger partial charge in [0.15, 0.2) is 0 Å². The van der Waals surface area contributed by atoms with Gasteiger partial charge in [-0.05, 0) is 52.4 Å². The molecule has 0 aromatic heterocycles. The molecule has 1 fully saturated rings. The Morgan fingerprint density at radius 3 is 2.47 bits per heavy atom. The van der Waals surface area contributed by atoms with Crippen molar-refractivity contribution in [1.29, 1.82) is 0 Å². The van der Waals surface area contributed by atoms with Gasteiger partial charge in [0, 0.05) is 13.1 Å². The lowest BCUT2D eigenvalue weighted by molar-refractivity contribution is 0.0177. The molecule has 4 nitrogen and oxygen atoms in total. The molecule has 1 aliphatic heterocycles. The van der Waals surface area contributed by atoms with Crippen LogP contribution in [0.25, 0.3) is 0 Å². The molecule has 1 saturated heterocycles. The van der Waals surface area contributed by atoms with Gasteiger partial charge in [-0.2, -0.15) is 0 Å². The zero-order valence-corrected chi connectivity index (χ0v) is 12.2. The number of likely N-dealkylation sites (tertiary alicyclic amines) is 1. The van der Waals surface area contributed by atoms with Gasteiger partial charge in [-0.25, -0.2) is 9.18 Å². The predicted octanol–water partition coefficient (Wildman–Crippen LogP) is 2.74. The molecular formula is C14H26FNO3. The summed E-state index contributed by atoms with van der Waals surface area (Å²) in [5.74, 6) is 0.448. The summed E-state index contributed by atoms with van der Waals surface area (Å²) in [6.45, 7) is 6.53. The zero-order valence-electron chi connectivity index (χ0n) is 12.2. The Morgan fingerprint density at radius 1 is 1.42 bits per heavy atom. The molecule has 5 heteroatoms. The number of hydrogen-bond acceptors (Lipinski definition) is 3. The van der Waals surface area contributed by atoms with Crippen LogP contribution in [0.4, 0.5) is 9.18 Å². The summed E-state index contributed by atoms with van der Waals surface area (Å²) in [7, 11) is 0. The van der Waals surface area contributed by atoms with E-state index in [1.54, 1.807) is 4.90 Å². The highest BCUT2D eigenvalue weighted by atomic mass is 19.1. The first-order chi connectivity index (χ1) is 8.81. The number of aliphatic hydroxyl groups is 1. The Labute approximate surface area is 114 Å². The van der Waals surface area contributed by atoms with Crippen LogP contribution in [-0.2, 0) is 4.74 Å². The van der Waals surface area contributed by atoms with E-state index in [0.29, 0.717) is 25.4 Å². The number of rotatable bonds is 4. The van der Waals surface area contributed by atoms with Crippen molar-refractivity contribution in [2.75, 3.05) is 19.7 Å². The van der Waals surface area contributed by atoms with E-state index in [1.165, 1.54) is 0 Å². The van der Waals surface area contributed by atoms with Crippen molar-refractivity contribution in [2.24, 2.45) is 5.92 Å². The summed E-state index contributed by atoms with van der Waals surface area (Å²) >= 11 is 0. The highest BCUT2D eigenvalue weighted by molar-refractivity contribution is 5.68. The Balaban J connectivity index is 2.27. The number of hydrogen-bond donors (Lipinski definition) is 1. The van der Waals surface area contributed by atoms with E-state index in [2.05, 4.69) is 0 Å². The van der Waals surface area contributed by atoms with Gasteiger partial charge in [0.05, 0.1) is 6.61 Å². The number of ether oxygens (including phenoxy) is 1. The lowest BCUT2D eigenvalue weighted by atomic mass is 9.91. The van der Waals surface area contributed by atoms with Crippen LogP contribution in [0.2, 0.25) is 0 Å². The second-order valence-corrected chi connectivity index (χ2v) is 6.27. The molecule has 1 amide bonds. The molecule has 0 aliphatic carbocycles. The molecule has 0 spiro atoms. The molecular weight excluding hydrogens is 249 g/mol. The van der Waals surface area contributed by atoms with Crippen molar-refractivity contribution in [2.45, 2.75) is 58.2 Å². The molecule has 112 valence electrons. The molecule has 1 N–H and O–H groups in total. The molecule has 1 aliphatic rings. The summed E-state index contributed by atoms with van der Waals surface area (Å²) in [6.07, 6.45) is 1.60. The van der Waals surface area contributed by atoms with Crippen LogP contribution in [0.15, 0.2) is 0 Å². The lowest BCUT2D eigenvalue weighted by Crippen LogP contribution is -2.41. The number of carbonyl (C=O) groups is 1.